The van der Waals surface area contributed by atoms with E-state index >= 15 is 0 Å². The van der Waals surface area contributed by atoms with Crippen LogP contribution in [-0.2, 0) is 9.53 Å². The Morgan fingerprint density at radius 1 is 1.33 bits per heavy atom. The normalized spacial score (nSPS) is 10.7. The van der Waals surface area contributed by atoms with Crippen LogP contribution in [0.4, 0.5) is 0 Å². The van der Waals surface area contributed by atoms with Gasteiger partial charge in [-0.25, -0.2) is 0 Å². The van der Waals surface area contributed by atoms with E-state index in [1.54, 1.807) is 0 Å². The topological polar surface area (TPSA) is 67.8 Å². The third kappa shape index (κ3) is 6.60. The predicted molar refractivity (Wildman–Crippen MR) is 81.7 cm³/mol. The molecule has 0 atom stereocenters. The van der Waals surface area contributed by atoms with Crippen LogP contribution in [0.25, 0.3) is 0 Å². The van der Waals surface area contributed by atoms with E-state index in [1.807, 2.05) is 19.1 Å². The smallest absolute Gasteiger partial charge is 0.258 e. The van der Waals surface area contributed by atoms with Gasteiger partial charge >= 0.3 is 0 Å². The molecule has 1 aromatic rings. The summed E-state index contributed by atoms with van der Waals surface area (Å²) >= 11 is 0. The van der Waals surface area contributed by atoms with E-state index in [0.717, 1.165) is 11.3 Å². The van der Waals surface area contributed by atoms with Gasteiger partial charge in [0.1, 0.15) is 5.75 Å². The summed E-state index contributed by atoms with van der Waals surface area (Å²) in [6, 6.07) is 6.06. The van der Waals surface area contributed by atoms with Crippen molar-refractivity contribution in [3.63, 3.8) is 0 Å². The van der Waals surface area contributed by atoms with Crippen molar-refractivity contribution in [2.24, 2.45) is 0 Å². The Morgan fingerprint density at radius 2 is 2.10 bits per heavy atom. The Kier molecular flexibility index (Phi) is 7.79. The van der Waals surface area contributed by atoms with E-state index in [1.165, 1.54) is 5.56 Å². The maximum atomic E-state index is 11.6. The lowest BCUT2D eigenvalue weighted by Gasteiger charge is -2.13. The van der Waals surface area contributed by atoms with E-state index in [2.05, 4.69) is 25.2 Å². The summed E-state index contributed by atoms with van der Waals surface area (Å²) in [4.78, 5) is 11.6. The molecule has 21 heavy (non-hydrogen) atoms. The highest BCUT2D eigenvalue weighted by molar-refractivity contribution is 5.77. The fourth-order valence-electron chi connectivity index (χ4n) is 1.75. The van der Waals surface area contributed by atoms with Gasteiger partial charge in [0.2, 0.25) is 0 Å². The summed E-state index contributed by atoms with van der Waals surface area (Å²) in [5, 5.41) is 11.2. The first-order chi connectivity index (χ1) is 10.0. The Balaban J connectivity index is 2.37. The van der Waals surface area contributed by atoms with Gasteiger partial charge < -0.3 is 19.9 Å². The molecule has 1 amide bonds. The number of aliphatic hydroxyl groups excluding tert-OH is 1. The van der Waals surface area contributed by atoms with Crippen molar-refractivity contribution in [1.29, 1.82) is 0 Å². The summed E-state index contributed by atoms with van der Waals surface area (Å²) in [6.07, 6.45) is 0. The second kappa shape index (κ2) is 9.37. The minimum Gasteiger partial charge on any atom is -0.483 e. The monoisotopic (exact) mass is 295 g/mol. The molecule has 5 nitrogen and oxygen atoms in total. The molecular formula is C16H25NO4. The Bertz CT molecular complexity index is 446. The highest BCUT2D eigenvalue weighted by Gasteiger charge is 2.07. The standard InChI is InChI=1S/C16H25NO4/c1-12(2)14-5-4-13(3)15(10-14)21-11-16(19)17-6-8-20-9-7-18/h4-5,10,12,18H,6-9,11H2,1-3H3,(H,17,19). The first-order valence-electron chi connectivity index (χ1n) is 7.23. The number of rotatable bonds is 9. The van der Waals surface area contributed by atoms with Gasteiger partial charge in [0.15, 0.2) is 6.61 Å². The van der Waals surface area contributed by atoms with Crippen molar-refractivity contribution in [1.82, 2.24) is 5.32 Å². The molecule has 2 N–H and O–H groups in total. The van der Waals surface area contributed by atoms with Gasteiger partial charge in [0.05, 0.1) is 19.8 Å². The van der Waals surface area contributed by atoms with Crippen molar-refractivity contribution in [3.8, 4) is 5.75 Å². The predicted octanol–water partition coefficient (Wildman–Crippen LogP) is 1.62. The molecule has 0 aliphatic rings. The number of carbonyl (C=O) groups excluding carboxylic acids is 1. The van der Waals surface area contributed by atoms with Gasteiger partial charge in [-0.05, 0) is 30.0 Å². The molecule has 0 saturated carbocycles. The van der Waals surface area contributed by atoms with Gasteiger partial charge in [0, 0.05) is 6.54 Å². The fourth-order valence-corrected chi connectivity index (χ4v) is 1.75. The van der Waals surface area contributed by atoms with E-state index < -0.39 is 0 Å². The molecule has 1 rings (SSSR count). The van der Waals surface area contributed by atoms with Crippen LogP contribution in [-0.4, -0.2) is 44.0 Å². The zero-order chi connectivity index (χ0) is 15.7. The lowest BCUT2D eigenvalue weighted by atomic mass is 10.0. The molecule has 0 aromatic heterocycles. The summed E-state index contributed by atoms with van der Waals surface area (Å²) in [5.74, 6) is 0.982. The van der Waals surface area contributed by atoms with E-state index in [-0.39, 0.29) is 25.7 Å². The van der Waals surface area contributed by atoms with Crippen LogP contribution in [0, 0.1) is 6.92 Å². The maximum absolute atomic E-state index is 11.6. The molecule has 0 saturated heterocycles. The van der Waals surface area contributed by atoms with Crippen LogP contribution in [0.2, 0.25) is 0 Å². The molecule has 0 aliphatic carbocycles. The third-order valence-corrected chi connectivity index (χ3v) is 3.04. The molecule has 1 aromatic carbocycles. The van der Waals surface area contributed by atoms with Gasteiger partial charge in [-0.2, -0.15) is 0 Å². The van der Waals surface area contributed by atoms with Crippen LogP contribution in [0.15, 0.2) is 18.2 Å². The second-order valence-electron chi connectivity index (χ2n) is 5.15. The number of carbonyl (C=O) groups is 1. The summed E-state index contributed by atoms with van der Waals surface area (Å²) < 4.78 is 10.6. The number of hydrogen-bond donors (Lipinski definition) is 2. The Morgan fingerprint density at radius 3 is 2.76 bits per heavy atom. The summed E-state index contributed by atoms with van der Waals surface area (Å²) in [5.41, 5.74) is 2.20. The molecule has 0 heterocycles. The van der Waals surface area contributed by atoms with Crippen molar-refractivity contribution in [2.45, 2.75) is 26.7 Å². The number of benzene rings is 1. The molecule has 118 valence electrons. The van der Waals surface area contributed by atoms with E-state index in [4.69, 9.17) is 14.6 Å². The van der Waals surface area contributed by atoms with Gasteiger partial charge in [0.25, 0.3) is 5.91 Å². The van der Waals surface area contributed by atoms with Crippen LogP contribution in [0.5, 0.6) is 5.75 Å². The summed E-state index contributed by atoms with van der Waals surface area (Å²) in [6.45, 7) is 7.25. The first-order valence-corrected chi connectivity index (χ1v) is 7.23. The van der Waals surface area contributed by atoms with Crippen molar-refractivity contribution in [2.75, 3.05) is 33.0 Å². The van der Waals surface area contributed by atoms with Gasteiger partial charge in [-0.3, -0.25) is 4.79 Å². The lowest BCUT2D eigenvalue weighted by Crippen LogP contribution is -2.32. The molecule has 0 aliphatic heterocycles. The minimum atomic E-state index is -0.183. The molecule has 0 spiro atoms. The molecule has 0 unspecified atom stereocenters. The minimum absolute atomic E-state index is 0.0114. The molecule has 5 heteroatoms. The number of aryl methyl sites for hydroxylation is 1. The lowest BCUT2D eigenvalue weighted by molar-refractivity contribution is -0.123. The van der Waals surface area contributed by atoms with Crippen LogP contribution in [0.1, 0.15) is 30.9 Å². The number of hydrogen-bond acceptors (Lipinski definition) is 4. The first kappa shape index (κ1) is 17.5. The highest BCUT2D eigenvalue weighted by atomic mass is 16.5. The third-order valence-electron chi connectivity index (χ3n) is 3.04. The van der Waals surface area contributed by atoms with Crippen LogP contribution < -0.4 is 10.1 Å². The largest absolute Gasteiger partial charge is 0.483 e. The van der Waals surface area contributed by atoms with Crippen LogP contribution >= 0.6 is 0 Å². The zero-order valence-electron chi connectivity index (χ0n) is 13.0. The second-order valence-corrected chi connectivity index (χ2v) is 5.15. The van der Waals surface area contributed by atoms with E-state index in [0.29, 0.717) is 19.1 Å². The quantitative estimate of drug-likeness (QED) is 0.679. The Hall–Kier alpha value is -1.59. The zero-order valence-corrected chi connectivity index (χ0v) is 13.0. The highest BCUT2D eigenvalue weighted by Crippen LogP contribution is 2.24. The Labute approximate surface area is 126 Å². The average molecular weight is 295 g/mol. The molecular weight excluding hydrogens is 270 g/mol. The fraction of sp³-hybridized carbons (Fsp3) is 0.562. The van der Waals surface area contributed by atoms with Crippen LogP contribution in [0.3, 0.4) is 0 Å². The number of amides is 1. The van der Waals surface area contributed by atoms with Crippen molar-refractivity contribution >= 4 is 5.91 Å². The molecule has 0 fully saturated rings. The average Bonchev–Trinajstić information content (AvgIpc) is 2.46. The summed E-state index contributed by atoms with van der Waals surface area (Å²) in [7, 11) is 0. The molecule has 0 radical (unpaired) electrons. The van der Waals surface area contributed by atoms with Gasteiger partial charge in [-0.15, -0.1) is 0 Å². The maximum Gasteiger partial charge on any atom is 0.258 e. The van der Waals surface area contributed by atoms with Crippen molar-refractivity contribution in [3.05, 3.63) is 29.3 Å². The van der Waals surface area contributed by atoms with E-state index in [9.17, 15) is 4.79 Å². The number of aliphatic hydroxyl groups is 1. The number of ether oxygens (including phenoxy) is 2. The number of nitrogens with one attached hydrogen (secondary N) is 1. The SMILES string of the molecule is Cc1ccc(C(C)C)cc1OCC(=O)NCCOCCO. The van der Waals surface area contributed by atoms with Crippen molar-refractivity contribution < 1.29 is 19.4 Å². The van der Waals surface area contributed by atoms with Gasteiger partial charge in [-0.1, -0.05) is 26.0 Å². The molecule has 0 bridgehead atoms.